The Hall–Kier alpha value is -3.86. The zero-order valence-corrected chi connectivity index (χ0v) is 20.1. The lowest BCUT2D eigenvalue weighted by molar-refractivity contribution is -0.137. The summed E-state index contributed by atoms with van der Waals surface area (Å²) >= 11 is 0. The minimum atomic E-state index is -4.53. The van der Waals surface area contributed by atoms with E-state index in [4.69, 9.17) is 0 Å². The first kappa shape index (κ1) is 25.2. The van der Waals surface area contributed by atoms with Gasteiger partial charge in [-0.05, 0) is 49.7 Å². The van der Waals surface area contributed by atoms with E-state index in [2.05, 4.69) is 25.5 Å². The summed E-state index contributed by atoms with van der Waals surface area (Å²) in [4.78, 5) is 25.7. The summed E-state index contributed by atoms with van der Waals surface area (Å²) in [6, 6.07) is 9.53. The Bertz CT molecular complexity index is 1270. The van der Waals surface area contributed by atoms with Crippen molar-refractivity contribution >= 4 is 29.0 Å². The number of anilines is 4. The minimum Gasteiger partial charge on any atom is -0.394 e. The van der Waals surface area contributed by atoms with Crippen LogP contribution in [0.4, 0.5) is 36.3 Å². The molecule has 1 aliphatic rings. The molecular weight excluding hydrogens is 473 g/mol. The standard InChI is InChI=1S/C25H27F3N6O2/c1-15-7-8-20(31-23(36)17-5-4-6-19(9-17)25(26,27)28)10-21(15)34-12-18-11-29-24(30-16(2)13-35)32-22(18)33(3)14-34/h4-11,16,35H,12-14H2,1-3H3,(H,31,36)(H,29,30,32). The molecule has 2 aromatic carbocycles. The van der Waals surface area contributed by atoms with Crippen molar-refractivity contribution in [3.63, 3.8) is 0 Å². The lowest BCUT2D eigenvalue weighted by Crippen LogP contribution is -2.41. The van der Waals surface area contributed by atoms with Crippen LogP contribution >= 0.6 is 0 Å². The summed E-state index contributed by atoms with van der Waals surface area (Å²) in [5, 5.41) is 15.0. The fraction of sp³-hybridized carbons (Fsp3) is 0.320. The summed E-state index contributed by atoms with van der Waals surface area (Å²) in [6.07, 6.45) is -2.78. The van der Waals surface area contributed by atoms with E-state index in [1.807, 2.05) is 31.9 Å². The lowest BCUT2D eigenvalue weighted by atomic mass is 10.1. The number of nitrogens with zero attached hydrogens (tertiary/aromatic N) is 4. The van der Waals surface area contributed by atoms with Crippen LogP contribution in [0.1, 0.15) is 34.0 Å². The van der Waals surface area contributed by atoms with E-state index in [0.717, 1.165) is 34.8 Å². The van der Waals surface area contributed by atoms with Gasteiger partial charge in [0.15, 0.2) is 0 Å². The van der Waals surface area contributed by atoms with Crippen LogP contribution in [0.15, 0.2) is 48.7 Å². The van der Waals surface area contributed by atoms with Gasteiger partial charge in [0.25, 0.3) is 5.91 Å². The molecule has 1 aromatic heterocycles. The number of fused-ring (bicyclic) bond motifs is 1. The van der Waals surface area contributed by atoms with Crippen LogP contribution in [0.2, 0.25) is 0 Å². The Morgan fingerprint density at radius 2 is 2.00 bits per heavy atom. The predicted molar refractivity (Wildman–Crippen MR) is 132 cm³/mol. The number of aliphatic hydroxyl groups is 1. The van der Waals surface area contributed by atoms with E-state index < -0.39 is 17.6 Å². The fourth-order valence-corrected chi connectivity index (χ4v) is 3.98. The van der Waals surface area contributed by atoms with Crippen molar-refractivity contribution in [1.29, 1.82) is 0 Å². The highest BCUT2D eigenvalue weighted by Crippen LogP contribution is 2.33. The number of amides is 1. The van der Waals surface area contributed by atoms with Crippen molar-refractivity contribution in [2.24, 2.45) is 0 Å². The lowest BCUT2D eigenvalue weighted by Gasteiger charge is -2.37. The smallest absolute Gasteiger partial charge is 0.394 e. The quantitative estimate of drug-likeness (QED) is 0.466. The number of alkyl halides is 3. The molecule has 2 heterocycles. The maximum Gasteiger partial charge on any atom is 0.416 e. The van der Waals surface area contributed by atoms with E-state index in [-0.39, 0.29) is 18.2 Å². The number of aryl methyl sites for hydroxylation is 1. The van der Waals surface area contributed by atoms with Gasteiger partial charge in [-0.15, -0.1) is 0 Å². The van der Waals surface area contributed by atoms with Gasteiger partial charge >= 0.3 is 6.18 Å². The summed E-state index contributed by atoms with van der Waals surface area (Å²) < 4.78 is 39.1. The number of aromatic nitrogens is 2. The van der Waals surface area contributed by atoms with E-state index in [0.29, 0.717) is 24.8 Å². The molecule has 4 rings (SSSR count). The van der Waals surface area contributed by atoms with Gasteiger partial charge in [0.2, 0.25) is 5.95 Å². The van der Waals surface area contributed by atoms with Gasteiger partial charge in [0.1, 0.15) is 5.82 Å². The van der Waals surface area contributed by atoms with Crippen LogP contribution in [0.25, 0.3) is 0 Å². The molecule has 0 saturated carbocycles. The molecule has 190 valence electrons. The molecule has 0 radical (unpaired) electrons. The number of hydrogen-bond donors (Lipinski definition) is 3. The number of hydrogen-bond acceptors (Lipinski definition) is 7. The Kier molecular flexibility index (Phi) is 7.02. The summed E-state index contributed by atoms with van der Waals surface area (Å²) in [7, 11) is 1.91. The van der Waals surface area contributed by atoms with E-state index in [1.165, 1.54) is 12.1 Å². The summed E-state index contributed by atoms with van der Waals surface area (Å²) in [5.74, 6) is 0.592. The number of halogens is 3. The van der Waals surface area contributed by atoms with E-state index in [9.17, 15) is 23.1 Å². The van der Waals surface area contributed by atoms with Gasteiger partial charge in [0, 0.05) is 48.3 Å². The van der Waals surface area contributed by atoms with E-state index in [1.54, 1.807) is 18.3 Å². The molecule has 11 heteroatoms. The zero-order chi connectivity index (χ0) is 26.0. The van der Waals surface area contributed by atoms with Crippen LogP contribution in [-0.2, 0) is 12.7 Å². The van der Waals surface area contributed by atoms with Gasteiger partial charge in [-0.2, -0.15) is 18.2 Å². The molecule has 36 heavy (non-hydrogen) atoms. The van der Waals surface area contributed by atoms with Crippen molar-refractivity contribution in [2.75, 3.05) is 40.8 Å². The molecular formula is C25H27F3N6O2. The number of carbonyl (C=O) groups excluding carboxylic acids is 1. The zero-order valence-electron chi connectivity index (χ0n) is 20.1. The highest BCUT2D eigenvalue weighted by molar-refractivity contribution is 6.04. The Morgan fingerprint density at radius 1 is 1.22 bits per heavy atom. The molecule has 3 N–H and O–H groups in total. The molecule has 0 aliphatic carbocycles. The topological polar surface area (TPSA) is 93.6 Å². The summed E-state index contributed by atoms with van der Waals surface area (Å²) in [5.41, 5.74) is 2.27. The molecule has 1 unspecified atom stereocenters. The predicted octanol–water partition coefficient (Wildman–Crippen LogP) is 4.26. The summed E-state index contributed by atoms with van der Waals surface area (Å²) in [6.45, 7) is 4.79. The maximum atomic E-state index is 13.0. The van der Waals surface area contributed by atoms with Crippen molar-refractivity contribution < 1.29 is 23.1 Å². The highest BCUT2D eigenvalue weighted by Gasteiger charge is 2.31. The van der Waals surface area contributed by atoms with Gasteiger partial charge in [0.05, 0.1) is 18.8 Å². The van der Waals surface area contributed by atoms with Gasteiger partial charge in [-0.25, -0.2) is 4.98 Å². The second-order valence-corrected chi connectivity index (χ2v) is 8.84. The second-order valence-electron chi connectivity index (χ2n) is 8.84. The molecule has 1 amide bonds. The number of rotatable bonds is 6. The molecule has 0 fully saturated rings. The van der Waals surface area contributed by atoms with Gasteiger partial charge < -0.3 is 25.5 Å². The largest absolute Gasteiger partial charge is 0.416 e. The Labute approximate surface area is 206 Å². The third-order valence-corrected chi connectivity index (χ3v) is 5.86. The fourth-order valence-electron chi connectivity index (χ4n) is 3.98. The van der Waals surface area contributed by atoms with Crippen LogP contribution in [0, 0.1) is 6.92 Å². The van der Waals surface area contributed by atoms with Crippen LogP contribution in [-0.4, -0.2) is 47.3 Å². The van der Waals surface area contributed by atoms with E-state index >= 15 is 0 Å². The number of carbonyl (C=O) groups is 1. The molecule has 8 nitrogen and oxygen atoms in total. The average molecular weight is 501 g/mol. The third-order valence-electron chi connectivity index (χ3n) is 5.86. The molecule has 0 spiro atoms. The third kappa shape index (κ3) is 5.51. The van der Waals surface area contributed by atoms with Crippen molar-refractivity contribution in [3.05, 3.63) is 70.9 Å². The Balaban J connectivity index is 1.53. The van der Waals surface area contributed by atoms with Crippen molar-refractivity contribution in [2.45, 2.75) is 32.6 Å². The number of nitrogens with one attached hydrogen (secondary N) is 2. The minimum absolute atomic E-state index is 0.0377. The van der Waals surface area contributed by atoms with Gasteiger partial charge in [-0.1, -0.05) is 12.1 Å². The molecule has 0 bridgehead atoms. The van der Waals surface area contributed by atoms with Crippen molar-refractivity contribution in [3.8, 4) is 0 Å². The normalized spacial score (nSPS) is 14.3. The van der Waals surface area contributed by atoms with Gasteiger partial charge in [-0.3, -0.25) is 4.79 Å². The average Bonchev–Trinajstić information content (AvgIpc) is 2.85. The molecule has 3 aromatic rings. The SMILES string of the molecule is Cc1ccc(NC(=O)c2cccc(C(F)(F)F)c2)cc1N1Cc2cnc(NC(C)CO)nc2N(C)C1. The first-order chi connectivity index (χ1) is 17.0. The first-order valence-corrected chi connectivity index (χ1v) is 11.3. The maximum absolute atomic E-state index is 13.0. The van der Waals surface area contributed by atoms with Crippen LogP contribution in [0.3, 0.4) is 0 Å². The first-order valence-electron chi connectivity index (χ1n) is 11.3. The van der Waals surface area contributed by atoms with Crippen LogP contribution < -0.4 is 20.4 Å². The molecule has 1 aliphatic heterocycles. The Morgan fingerprint density at radius 3 is 2.72 bits per heavy atom. The molecule has 1 atom stereocenters. The number of benzene rings is 2. The molecule has 0 saturated heterocycles. The second kappa shape index (κ2) is 10.0. The number of aliphatic hydroxyl groups excluding tert-OH is 1. The van der Waals surface area contributed by atoms with Crippen molar-refractivity contribution in [1.82, 2.24) is 9.97 Å². The monoisotopic (exact) mass is 500 g/mol. The van der Waals surface area contributed by atoms with Crippen LogP contribution in [0.5, 0.6) is 0 Å². The highest BCUT2D eigenvalue weighted by atomic mass is 19.4.